The first-order valence-corrected chi connectivity index (χ1v) is 7.25. The molecule has 0 radical (unpaired) electrons. The zero-order valence-electron chi connectivity index (χ0n) is 11.9. The van der Waals surface area contributed by atoms with Gasteiger partial charge in [0, 0.05) is 18.6 Å². The highest BCUT2D eigenvalue weighted by Gasteiger charge is 2.24. The minimum atomic E-state index is 0.126. The molecule has 3 rings (SSSR count). The van der Waals surface area contributed by atoms with E-state index in [9.17, 15) is 0 Å². The van der Waals surface area contributed by atoms with Crippen molar-refractivity contribution in [2.24, 2.45) is 5.73 Å². The summed E-state index contributed by atoms with van der Waals surface area (Å²) in [6.45, 7) is 0.803. The molecule has 0 saturated heterocycles. The van der Waals surface area contributed by atoms with Crippen LogP contribution >= 0.6 is 0 Å². The molecule has 1 aromatic carbocycles. The van der Waals surface area contributed by atoms with Crippen LogP contribution in [-0.2, 0) is 0 Å². The second-order valence-corrected chi connectivity index (χ2v) is 5.39. The van der Waals surface area contributed by atoms with Gasteiger partial charge in [-0.3, -0.25) is 0 Å². The van der Waals surface area contributed by atoms with Crippen LogP contribution in [0.1, 0.15) is 37.3 Å². The van der Waals surface area contributed by atoms with Crippen LogP contribution in [0.5, 0.6) is 17.2 Å². The summed E-state index contributed by atoms with van der Waals surface area (Å²) < 4.78 is 16.3. The largest absolute Gasteiger partial charge is 0.493 e. The Kier molecular flexibility index (Phi) is 3.98. The van der Waals surface area contributed by atoms with E-state index in [1.807, 2.05) is 12.1 Å². The van der Waals surface area contributed by atoms with E-state index in [-0.39, 0.29) is 12.8 Å². The number of nitrogens with two attached hydrogens (primary N) is 1. The lowest BCUT2D eigenvalue weighted by Crippen LogP contribution is -2.35. The number of methoxy groups -OCH3 is 1. The molecule has 3 N–H and O–H groups in total. The lowest BCUT2D eigenvalue weighted by molar-refractivity contribution is 0.171. The molecule has 5 nitrogen and oxygen atoms in total. The lowest BCUT2D eigenvalue weighted by Gasteiger charge is -2.22. The normalized spacial score (nSPS) is 19.3. The van der Waals surface area contributed by atoms with Crippen molar-refractivity contribution in [2.75, 3.05) is 20.4 Å². The van der Waals surface area contributed by atoms with Gasteiger partial charge in [0.25, 0.3) is 0 Å². The van der Waals surface area contributed by atoms with Gasteiger partial charge >= 0.3 is 0 Å². The first-order chi connectivity index (χ1) is 9.81. The molecule has 5 heteroatoms. The van der Waals surface area contributed by atoms with Crippen LogP contribution in [0, 0.1) is 0 Å². The van der Waals surface area contributed by atoms with Crippen LogP contribution in [0.2, 0.25) is 0 Å². The summed E-state index contributed by atoms with van der Waals surface area (Å²) >= 11 is 0. The van der Waals surface area contributed by atoms with Crippen molar-refractivity contribution >= 4 is 0 Å². The van der Waals surface area contributed by atoms with E-state index < -0.39 is 0 Å². The van der Waals surface area contributed by atoms with Crippen molar-refractivity contribution < 1.29 is 14.2 Å². The molecule has 1 aromatic rings. The molecule has 0 bridgehead atoms. The minimum Gasteiger partial charge on any atom is -0.493 e. The molecule has 0 amide bonds. The molecule has 2 aliphatic rings. The standard InChI is InChI=1S/C15H22N2O3/c1-18-13-6-10(7-14-15(13)20-9-19-14)12(8-16)17-11-4-2-3-5-11/h6-7,11-12,17H,2-5,8-9,16H2,1H3. The van der Waals surface area contributed by atoms with Gasteiger partial charge in [-0.25, -0.2) is 0 Å². The van der Waals surface area contributed by atoms with Crippen molar-refractivity contribution in [3.05, 3.63) is 17.7 Å². The maximum atomic E-state index is 5.94. The highest BCUT2D eigenvalue weighted by atomic mass is 16.7. The van der Waals surface area contributed by atoms with E-state index in [1.165, 1.54) is 25.7 Å². The Morgan fingerprint density at radius 3 is 2.85 bits per heavy atom. The predicted molar refractivity (Wildman–Crippen MR) is 76.3 cm³/mol. The fourth-order valence-electron chi connectivity index (χ4n) is 3.03. The summed E-state index contributed by atoms with van der Waals surface area (Å²) in [5.41, 5.74) is 7.04. The Balaban J connectivity index is 1.83. The third kappa shape index (κ3) is 2.55. The summed E-state index contributed by atoms with van der Waals surface area (Å²) in [5, 5.41) is 3.65. The second-order valence-electron chi connectivity index (χ2n) is 5.39. The molecule has 20 heavy (non-hydrogen) atoms. The Morgan fingerprint density at radius 1 is 1.35 bits per heavy atom. The van der Waals surface area contributed by atoms with Crippen molar-refractivity contribution in [1.82, 2.24) is 5.32 Å². The molecule has 1 aliphatic carbocycles. The van der Waals surface area contributed by atoms with Crippen LogP contribution in [-0.4, -0.2) is 26.5 Å². The van der Waals surface area contributed by atoms with Crippen LogP contribution in [0.15, 0.2) is 12.1 Å². The van der Waals surface area contributed by atoms with Crippen LogP contribution < -0.4 is 25.3 Å². The summed E-state index contributed by atoms with van der Waals surface area (Å²) in [6, 6.07) is 4.69. The van der Waals surface area contributed by atoms with E-state index in [0.717, 1.165) is 11.3 Å². The summed E-state index contributed by atoms with van der Waals surface area (Å²) in [5.74, 6) is 2.14. The molecular formula is C15H22N2O3. The quantitative estimate of drug-likeness (QED) is 0.862. The zero-order chi connectivity index (χ0) is 13.9. The Morgan fingerprint density at radius 2 is 2.15 bits per heavy atom. The SMILES string of the molecule is COc1cc(C(CN)NC2CCCC2)cc2c1OCO2. The molecule has 110 valence electrons. The van der Waals surface area contributed by atoms with E-state index in [0.29, 0.717) is 24.1 Å². The highest BCUT2D eigenvalue weighted by Crippen LogP contribution is 2.43. The number of ether oxygens (including phenoxy) is 3. The summed E-state index contributed by atoms with van der Waals surface area (Å²) in [4.78, 5) is 0. The third-order valence-electron chi connectivity index (χ3n) is 4.11. The van der Waals surface area contributed by atoms with Gasteiger partial charge < -0.3 is 25.3 Å². The zero-order valence-corrected chi connectivity index (χ0v) is 11.9. The smallest absolute Gasteiger partial charge is 0.231 e. The van der Waals surface area contributed by atoms with Gasteiger partial charge in [0.2, 0.25) is 12.5 Å². The van der Waals surface area contributed by atoms with Crippen molar-refractivity contribution in [1.29, 1.82) is 0 Å². The first-order valence-electron chi connectivity index (χ1n) is 7.25. The lowest BCUT2D eigenvalue weighted by atomic mass is 10.0. The molecule has 0 aromatic heterocycles. The number of hydrogen-bond acceptors (Lipinski definition) is 5. The van der Waals surface area contributed by atoms with Gasteiger partial charge in [-0.1, -0.05) is 12.8 Å². The molecule has 1 heterocycles. The van der Waals surface area contributed by atoms with Gasteiger partial charge in [-0.05, 0) is 30.5 Å². The van der Waals surface area contributed by atoms with E-state index in [2.05, 4.69) is 5.32 Å². The molecular weight excluding hydrogens is 256 g/mol. The van der Waals surface area contributed by atoms with Gasteiger partial charge in [-0.15, -0.1) is 0 Å². The predicted octanol–water partition coefficient (Wildman–Crippen LogP) is 1.96. The van der Waals surface area contributed by atoms with Crippen LogP contribution in [0.25, 0.3) is 0 Å². The Bertz CT molecular complexity index is 472. The minimum absolute atomic E-state index is 0.126. The van der Waals surface area contributed by atoms with E-state index in [4.69, 9.17) is 19.9 Å². The topological polar surface area (TPSA) is 65.7 Å². The van der Waals surface area contributed by atoms with Crippen molar-refractivity contribution in [3.63, 3.8) is 0 Å². The molecule has 1 unspecified atom stereocenters. The van der Waals surface area contributed by atoms with Crippen LogP contribution in [0.4, 0.5) is 0 Å². The molecule has 1 saturated carbocycles. The average Bonchev–Trinajstić information content (AvgIpc) is 3.14. The number of rotatable bonds is 5. The van der Waals surface area contributed by atoms with Crippen molar-refractivity contribution in [2.45, 2.75) is 37.8 Å². The Hall–Kier alpha value is -1.46. The molecule has 1 fully saturated rings. The number of fused-ring (bicyclic) bond motifs is 1. The van der Waals surface area contributed by atoms with E-state index in [1.54, 1.807) is 7.11 Å². The van der Waals surface area contributed by atoms with Gasteiger partial charge in [-0.2, -0.15) is 0 Å². The number of benzene rings is 1. The fraction of sp³-hybridized carbons (Fsp3) is 0.600. The van der Waals surface area contributed by atoms with Gasteiger partial charge in [0.15, 0.2) is 11.5 Å². The maximum absolute atomic E-state index is 5.94. The van der Waals surface area contributed by atoms with Crippen molar-refractivity contribution in [3.8, 4) is 17.2 Å². The molecule has 1 aliphatic heterocycles. The van der Waals surface area contributed by atoms with Crippen LogP contribution in [0.3, 0.4) is 0 Å². The second kappa shape index (κ2) is 5.89. The molecule has 0 spiro atoms. The Labute approximate surface area is 119 Å². The fourth-order valence-corrected chi connectivity index (χ4v) is 3.03. The highest BCUT2D eigenvalue weighted by molar-refractivity contribution is 5.55. The average molecular weight is 278 g/mol. The number of hydrogen-bond donors (Lipinski definition) is 2. The first kappa shape index (κ1) is 13.5. The maximum Gasteiger partial charge on any atom is 0.231 e. The van der Waals surface area contributed by atoms with E-state index >= 15 is 0 Å². The summed E-state index contributed by atoms with van der Waals surface area (Å²) in [6.07, 6.45) is 5.08. The van der Waals surface area contributed by atoms with Gasteiger partial charge in [0.05, 0.1) is 7.11 Å². The summed E-state index contributed by atoms with van der Waals surface area (Å²) in [7, 11) is 1.64. The van der Waals surface area contributed by atoms with Gasteiger partial charge in [0.1, 0.15) is 0 Å². The number of nitrogens with one attached hydrogen (secondary N) is 1. The third-order valence-corrected chi connectivity index (χ3v) is 4.11. The monoisotopic (exact) mass is 278 g/mol. The molecule has 1 atom stereocenters.